The van der Waals surface area contributed by atoms with Gasteiger partial charge >= 0.3 is 5.97 Å². The molecule has 1 aromatic heterocycles. The van der Waals surface area contributed by atoms with Gasteiger partial charge in [0.05, 0.1) is 31.9 Å². The second-order valence-electron chi connectivity index (χ2n) is 6.40. The number of esters is 1. The monoisotopic (exact) mass is 340 g/mol. The maximum absolute atomic E-state index is 12.9. The van der Waals surface area contributed by atoms with Crippen molar-refractivity contribution in [3.8, 4) is 0 Å². The Bertz CT molecular complexity index is 829. The highest BCUT2D eigenvalue weighted by molar-refractivity contribution is 5.87. The Balaban J connectivity index is 1.47. The molecule has 2 aliphatic heterocycles. The van der Waals surface area contributed by atoms with E-state index in [9.17, 15) is 9.59 Å². The minimum Gasteiger partial charge on any atom is -0.464 e. The van der Waals surface area contributed by atoms with Gasteiger partial charge in [-0.3, -0.25) is 9.48 Å². The molecule has 7 heteroatoms. The lowest BCUT2D eigenvalue weighted by Crippen LogP contribution is -2.51. The molecule has 7 nitrogen and oxygen atoms in total. The van der Waals surface area contributed by atoms with E-state index >= 15 is 0 Å². The number of hydrogen-bond acceptors (Lipinski definition) is 5. The number of nitrogens with one attached hydrogen (secondary N) is 1. The van der Waals surface area contributed by atoms with Gasteiger partial charge in [0.15, 0.2) is 5.69 Å². The van der Waals surface area contributed by atoms with E-state index in [1.165, 1.54) is 18.2 Å². The van der Waals surface area contributed by atoms with Crippen LogP contribution in [-0.2, 0) is 35.6 Å². The number of aromatic nitrogens is 2. The number of fused-ring (bicyclic) bond motifs is 2. The van der Waals surface area contributed by atoms with Crippen molar-refractivity contribution in [3.05, 3.63) is 52.8 Å². The smallest absolute Gasteiger partial charge is 0.358 e. The highest BCUT2D eigenvalue weighted by atomic mass is 16.5. The van der Waals surface area contributed by atoms with Gasteiger partial charge in [0.25, 0.3) is 0 Å². The number of amides is 1. The van der Waals surface area contributed by atoms with Crippen LogP contribution >= 0.6 is 0 Å². The second-order valence-corrected chi connectivity index (χ2v) is 6.40. The third-order valence-corrected chi connectivity index (χ3v) is 4.88. The Morgan fingerprint density at radius 1 is 1.24 bits per heavy atom. The Kier molecular flexibility index (Phi) is 4.01. The fourth-order valence-electron chi connectivity index (χ4n) is 3.51. The van der Waals surface area contributed by atoms with Gasteiger partial charge in [-0.05, 0) is 23.6 Å². The lowest BCUT2D eigenvalue weighted by molar-refractivity contribution is -0.135. The van der Waals surface area contributed by atoms with Crippen LogP contribution in [0.25, 0.3) is 0 Å². The zero-order valence-electron chi connectivity index (χ0n) is 14.1. The van der Waals surface area contributed by atoms with Crippen molar-refractivity contribution >= 4 is 11.9 Å². The average molecular weight is 340 g/mol. The number of carbonyl (C=O) groups is 2. The summed E-state index contributed by atoms with van der Waals surface area (Å²) in [4.78, 5) is 26.4. The molecule has 4 rings (SSSR count). The molecule has 0 aliphatic carbocycles. The first kappa shape index (κ1) is 15.8. The van der Waals surface area contributed by atoms with Crippen LogP contribution in [0.2, 0.25) is 0 Å². The summed E-state index contributed by atoms with van der Waals surface area (Å²) in [6.45, 7) is 2.35. The van der Waals surface area contributed by atoms with Gasteiger partial charge in [-0.15, -0.1) is 0 Å². The van der Waals surface area contributed by atoms with E-state index in [0.29, 0.717) is 32.6 Å². The standard InChI is InChI=1S/C18H20N4O3/c1-25-18(24)16-9-14-11-21(6-7-22(14)20-16)17(23)15-8-12-4-2-3-5-13(12)10-19-15/h2-5,9,15,19H,6-8,10-11H2,1H3/t15-/m1/s1. The Morgan fingerprint density at radius 3 is 2.84 bits per heavy atom. The molecule has 0 unspecified atom stereocenters. The first-order valence-corrected chi connectivity index (χ1v) is 8.39. The fourth-order valence-corrected chi connectivity index (χ4v) is 3.51. The number of methoxy groups -OCH3 is 1. The van der Waals surface area contributed by atoms with Crippen LogP contribution in [0, 0.1) is 0 Å². The van der Waals surface area contributed by atoms with Crippen molar-refractivity contribution in [3.63, 3.8) is 0 Å². The van der Waals surface area contributed by atoms with E-state index in [1.54, 1.807) is 10.7 Å². The highest BCUT2D eigenvalue weighted by Gasteiger charge is 2.31. The molecule has 1 amide bonds. The van der Waals surface area contributed by atoms with Gasteiger partial charge in [-0.1, -0.05) is 24.3 Å². The molecular weight excluding hydrogens is 320 g/mol. The predicted octanol–water partition coefficient (Wildman–Crippen LogP) is 0.726. The zero-order valence-corrected chi connectivity index (χ0v) is 14.1. The molecule has 130 valence electrons. The van der Waals surface area contributed by atoms with Crippen LogP contribution in [-0.4, -0.2) is 46.3 Å². The van der Waals surface area contributed by atoms with E-state index in [1.807, 2.05) is 17.0 Å². The minimum atomic E-state index is -0.453. The third kappa shape index (κ3) is 2.91. The summed E-state index contributed by atoms with van der Waals surface area (Å²) >= 11 is 0. The summed E-state index contributed by atoms with van der Waals surface area (Å²) in [6, 6.07) is 9.72. The van der Waals surface area contributed by atoms with Crippen molar-refractivity contribution in [2.75, 3.05) is 13.7 Å². The number of ether oxygens (including phenoxy) is 1. The van der Waals surface area contributed by atoms with Crippen LogP contribution in [0.4, 0.5) is 0 Å². The third-order valence-electron chi connectivity index (χ3n) is 4.88. The molecule has 1 aromatic carbocycles. The van der Waals surface area contributed by atoms with Gasteiger partial charge in [-0.25, -0.2) is 4.79 Å². The van der Waals surface area contributed by atoms with E-state index in [0.717, 1.165) is 5.69 Å². The van der Waals surface area contributed by atoms with Gasteiger partial charge < -0.3 is 15.0 Å². The molecule has 2 aliphatic rings. The van der Waals surface area contributed by atoms with Crippen LogP contribution in [0.5, 0.6) is 0 Å². The summed E-state index contributed by atoms with van der Waals surface area (Å²) in [5, 5.41) is 7.59. The summed E-state index contributed by atoms with van der Waals surface area (Å²) < 4.78 is 6.49. The van der Waals surface area contributed by atoms with Gasteiger partial charge in [0, 0.05) is 13.1 Å². The van der Waals surface area contributed by atoms with Crippen molar-refractivity contribution < 1.29 is 14.3 Å². The van der Waals surface area contributed by atoms with Gasteiger partial charge in [-0.2, -0.15) is 5.10 Å². The number of carbonyl (C=O) groups excluding carboxylic acids is 2. The summed E-state index contributed by atoms with van der Waals surface area (Å²) in [6.07, 6.45) is 0.707. The normalized spacial score (nSPS) is 19.1. The van der Waals surface area contributed by atoms with Crippen molar-refractivity contribution in [2.45, 2.75) is 32.1 Å². The van der Waals surface area contributed by atoms with Crippen LogP contribution < -0.4 is 5.32 Å². The molecule has 1 atom stereocenters. The topological polar surface area (TPSA) is 76.5 Å². The molecule has 25 heavy (non-hydrogen) atoms. The molecule has 0 spiro atoms. The average Bonchev–Trinajstić information content (AvgIpc) is 3.09. The second kappa shape index (κ2) is 6.33. The van der Waals surface area contributed by atoms with Crippen LogP contribution in [0.3, 0.4) is 0 Å². The molecule has 0 fully saturated rings. The summed E-state index contributed by atoms with van der Waals surface area (Å²) in [7, 11) is 1.34. The summed E-state index contributed by atoms with van der Waals surface area (Å²) in [5.74, 6) is -0.355. The molecule has 0 radical (unpaired) electrons. The molecule has 0 saturated carbocycles. The van der Waals surface area contributed by atoms with Crippen LogP contribution in [0.1, 0.15) is 27.3 Å². The lowest BCUT2D eigenvalue weighted by Gasteiger charge is -2.33. The summed E-state index contributed by atoms with van der Waals surface area (Å²) in [5.41, 5.74) is 3.63. The van der Waals surface area contributed by atoms with E-state index in [4.69, 9.17) is 4.74 Å². The lowest BCUT2D eigenvalue weighted by atomic mass is 9.95. The van der Waals surface area contributed by atoms with Gasteiger partial charge in [0.1, 0.15) is 0 Å². The Morgan fingerprint density at radius 2 is 2.04 bits per heavy atom. The quantitative estimate of drug-likeness (QED) is 0.816. The number of nitrogens with zero attached hydrogens (tertiary/aromatic N) is 3. The number of hydrogen-bond donors (Lipinski definition) is 1. The number of benzene rings is 1. The first-order chi connectivity index (χ1) is 12.2. The van der Waals surface area contributed by atoms with Crippen molar-refractivity contribution in [1.82, 2.24) is 20.0 Å². The van der Waals surface area contributed by atoms with E-state index in [-0.39, 0.29) is 17.6 Å². The molecular formula is C18H20N4O3. The SMILES string of the molecule is COC(=O)c1cc2n(n1)CCN(C(=O)[C@H]1Cc3ccccc3CN1)C2. The Hall–Kier alpha value is -2.67. The van der Waals surface area contributed by atoms with E-state index in [2.05, 4.69) is 22.5 Å². The Labute approximate surface area is 145 Å². The molecule has 0 bridgehead atoms. The van der Waals surface area contributed by atoms with Crippen molar-refractivity contribution in [2.24, 2.45) is 0 Å². The zero-order chi connectivity index (χ0) is 17.4. The van der Waals surface area contributed by atoms with Crippen LogP contribution in [0.15, 0.2) is 30.3 Å². The maximum atomic E-state index is 12.9. The van der Waals surface area contributed by atoms with Crippen molar-refractivity contribution in [1.29, 1.82) is 0 Å². The molecule has 1 N–H and O–H groups in total. The predicted molar refractivity (Wildman–Crippen MR) is 89.8 cm³/mol. The molecule has 3 heterocycles. The highest BCUT2D eigenvalue weighted by Crippen LogP contribution is 2.20. The maximum Gasteiger partial charge on any atom is 0.358 e. The van der Waals surface area contributed by atoms with E-state index < -0.39 is 5.97 Å². The molecule has 2 aromatic rings. The minimum absolute atomic E-state index is 0.0987. The van der Waals surface area contributed by atoms with Gasteiger partial charge in [0.2, 0.25) is 5.91 Å². The molecule has 0 saturated heterocycles. The number of rotatable bonds is 2. The largest absolute Gasteiger partial charge is 0.464 e. The fraction of sp³-hybridized carbons (Fsp3) is 0.389. The first-order valence-electron chi connectivity index (χ1n) is 8.39.